The number of phenolic OH excluding ortho intramolecular Hbond substituents is 1. The van der Waals surface area contributed by atoms with Crippen molar-refractivity contribution in [2.24, 2.45) is 0 Å². The second-order valence-electron chi connectivity index (χ2n) is 3.66. The zero-order valence-corrected chi connectivity index (χ0v) is 9.54. The number of hydrogen-bond acceptors (Lipinski definition) is 3. The third-order valence-electron chi connectivity index (χ3n) is 1.99. The van der Waals surface area contributed by atoms with Gasteiger partial charge in [-0.2, -0.15) is 13.2 Å². The van der Waals surface area contributed by atoms with Gasteiger partial charge in [-0.05, 0) is 18.6 Å². The van der Waals surface area contributed by atoms with Crippen LogP contribution in [0.4, 0.5) is 18.9 Å². The van der Waals surface area contributed by atoms with Crippen LogP contribution >= 0.6 is 0 Å². The normalized spacial score (nSPS) is 11.3. The van der Waals surface area contributed by atoms with Gasteiger partial charge in [0, 0.05) is 11.8 Å². The van der Waals surface area contributed by atoms with Crippen molar-refractivity contribution >= 4 is 11.6 Å². The summed E-state index contributed by atoms with van der Waals surface area (Å²) in [5.74, 6) is -0.730. The first-order chi connectivity index (χ1) is 8.28. The van der Waals surface area contributed by atoms with Gasteiger partial charge in [0.15, 0.2) is 0 Å². The van der Waals surface area contributed by atoms with Crippen LogP contribution in [0.2, 0.25) is 0 Å². The molecule has 1 amide bonds. The van der Waals surface area contributed by atoms with Gasteiger partial charge in [0.25, 0.3) is 0 Å². The lowest BCUT2D eigenvalue weighted by Gasteiger charge is -2.09. The number of aromatic hydroxyl groups is 1. The number of halogens is 3. The molecule has 1 aromatic carbocycles. The molecule has 0 heterocycles. The highest BCUT2D eigenvalue weighted by molar-refractivity contribution is 5.91. The number of carbonyl (C=O) groups is 1. The maximum absolute atomic E-state index is 11.7. The molecule has 0 aliphatic heterocycles. The van der Waals surface area contributed by atoms with Crippen LogP contribution in [0.5, 0.6) is 5.75 Å². The Labute approximate surface area is 101 Å². The van der Waals surface area contributed by atoms with E-state index in [0.29, 0.717) is 11.3 Å². The smallest absolute Gasteiger partial charge is 0.411 e. The van der Waals surface area contributed by atoms with E-state index in [1.165, 1.54) is 12.1 Å². The predicted molar refractivity (Wildman–Crippen MR) is 58.3 cm³/mol. The molecule has 0 atom stereocenters. The summed E-state index contributed by atoms with van der Waals surface area (Å²) in [6.45, 7) is -0.499. The molecule has 0 aromatic heterocycles. The van der Waals surface area contributed by atoms with Crippen molar-refractivity contribution in [2.75, 3.05) is 18.5 Å². The first-order valence-corrected chi connectivity index (χ1v) is 5.02. The molecule has 0 radical (unpaired) electrons. The van der Waals surface area contributed by atoms with Gasteiger partial charge in [0.1, 0.15) is 19.0 Å². The average molecular weight is 263 g/mol. The minimum absolute atomic E-state index is 0.0102. The Balaban J connectivity index is 2.42. The van der Waals surface area contributed by atoms with Gasteiger partial charge in [-0.3, -0.25) is 4.79 Å². The Bertz CT molecular complexity index is 432. The van der Waals surface area contributed by atoms with Crippen molar-refractivity contribution in [3.8, 4) is 5.75 Å². The molecule has 4 nitrogen and oxygen atoms in total. The monoisotopic (exact) mass is 263 g/mol. The molecule has 0 bridgehead atoms. The average Bonchev–Trinajstić information content (AvgIpc) is 2.21. The molecule has 0 fully saturated rings. The van der Waals surface area contributed by atoms with Gasteiger partial charge < -0.3 is 15.2 Å². The van der Waals surface area contributed by atoms with E-state index in [0.717, 1.165) is 0 Å². The van der Waals surface area contributed by atoms with Crippen LogP contribution in [0.3, 0.4) is 0 Å². The summed E-state index contributed by atoms with van der Waals surface area (Å²) in [6, 6.07) is 4.40. The number of alkyl halides is 3. The lowest BCUT2D eigenvalue weighted by molar-refractivity contribution is -0.174. The highest BCUT2D eigenvalue weighted by atomic mass is 19.4. The Morgan fingerprint density at radius 1 is 1.44 bits per heavy atom. The topological polar surface area (TPSA) is 58.6 Å². The van der Waals surface area contributed by atoms with Gasteiger partial charge in [-0.15, -0.1) is 0 Å². The van der Waals surface area contributed by atoms with E-state index < -0.39 is 25.3 Å². The van der Waals surface area contributed by atoms with Crippen molar-refractivity contribution in [1.82, 2.24) is 0 Å². The van der Waals surface area contributed by atoms with Crippen molar-refractivity contribution in [3.63, 3.8) is 0 Å². The van der Waals surface area contributed by atoms with Gasteiger partial charge in [-0.25, -0.2) is 0 Å². The summed E-state index contributed by atoms with van der Waals surface area (Å²) in [5, 5.41) is 11.7. The fraction of sp³-hybridized carbons (Fsp3) is 0.364. The molecule has 100 valence electrons. The molecule has 7 heteroatoms. The molecular weight excluding hydrogens is 251 g/mol. The standard InChI is InChI=1S/C11H12F3NO3/c1-7-2-3-8(4-9(7)16)15-10(17)5-18-6-11(12,13)14/h2-4,16H,5-6H2,1H3,(H,15,17). The molecule has 0 saturated carbocycles. The quantitative estimate of drug-likeness (QED) is 0.875. The maximum atomic E-state index is 11.7. The molecule has 0 aliphatic rings. The first-order valence-electron chi connectivity index (χ1n) is 5.02. The summed E-state index contributed by atoms with van der Waals surface area (Å²) < 4.78 is 39.4. The molecule has 18 heavy (non-hydrogen) atoms. The van der Waals surface area contributed by atoms with Crippen molar-refractivity contribution in [3.05, 3.63) is 23.8 Å². The van der Waals surface area contributed by atoms with Crippen LogP contribution in [0.15, 0.2) is 18.2 Å². The lowest BCUT2D eigenvalue weighted by atomic mass is 10.2. The lowest BCUT2D eigenvalue weighted by Crippen LogP contribution is -2.23. The van der Waals surface area contributed by atoms with E-state index in [1.807, 2.05) is 0 Å². The van der Waals surface area contributed by atoms with Crippen molar-refractivity contribution in [1.29, 1.82) is 0 Å². The number of hydrogen-bond donors (Lipinski definition) is 2. The van der Waals surface area contributed by atoms with Crippen molar-refractivity contribution in [2.45, 2.75) is 13.1 Å². The van der Waals surface area contributed by atoms with Crippen LogP contribution in [0.1, 0.15) is 5.56 Å². The van der Waals surface area contributed by atoms with Crippen LogP contribution in [0.25, 0.3) is 0 Å². The van der Waals surface area contributed by atoms with E-state index >= 15 is 0 Å². The van der Waals surface area contributed by atoms with Gasteiger partial charge in [0.05, 0.1) is 0 Å². The summed E-state index contributed by atoms with van der Waals surface area (Å²) in [4.78, 5) is 11.2. The molecule has 0 spiro atoms. The fourth-order valence-electron chi connectivity index (χ4n) is 1.14. The number of nitrogens with one attached hydrogen (secondary N) is 1. The number of phenols is 1. The highest BCUT2D eigenvalue weighted by Crippen LogP contribution is 2.20. The fourth-order valence-corrected chi connectivity index (χ4v) is 1.14. The number of amides is 1. The number of anilines is 1. The SMILES string of the molecule is Cc1ccc(NC(=O)COCC(F)(F)F)cc1O. The van der Waals surface area contributed by atoms with E-state index in [-0.39, 0.29) is 5.75 Å². The van der Waals surface area contributed by atoms with Crippen LogP contribution in [-0.2, 0) is 9.53 Å². The highest BCUT2D eigenvalue weighted by Gasteiger charge is 2.27. The number of ether oxygens (including phenoxy) is 1. The molecule has 0 unspecified atom stereocenters. The van der Waals surface area contributed by atoms with E-state index in [4.69, 9.17) is 0 Å². The van der Waals surface area contributed by atoms with Crippen LogP contribution in [0, 0.1) is 6.92 Å². The van der Waals surface area contributed by atoms with E-state index in [2.05, 4.69) is 10.1 Å². The number of aryl methyl sites for hydroxylation is 1. The largest absolute Gasteiger partial charge is 0.508 e. The third-order valence-corrected chi connectivity index (χ3v) is 1.99. The zero-order chi connectivity index (χ0) is 13.8. The second-order valence-corrected chi connectivity index (χ2v) is 3.66. The summed E-state index contributed by atoms with van der Waals surface area (Å²) in [7, 11) is 0. The minimum atomic E-state index is -4.46. The molecule has 1 aromatic rings. The maximum Gasteiger partial charge on any atom is 0.411 e. The summed E-state index contributed by atoms with van der Waals surface area (Å²) in [5.41, 5.74) is 0.917. The minimum Gasteiger partial charge on any atom is -0.508 e. The van der Waals surface area contributed by atoms with E-state index in [1.54, 1.807) is 13.0 Å². The first kappa shape index (κ1) is 14.3. The Hall–Kier alpha value is -1.76. The van der Waals surface area contributed by atoms with Crippen LogP contribution in [-0.4, -0.2) is 30.4 Å². The molecular formula is C11H12F3NO3. The second kappa shape index (κ2) is 5.72. The molecule has 0 saturated heterocycles. The number of rotatable bonds is 4. The number of carbonyl (C=O) groups excluding carboxylic acids is 1. The Kier molecular flexibility index (Phi) is 4.55. The Morgan fingerprint density at radius 2 is 2.11 bits per heavy atom. The van der Waals surface area contributed by atoms with Crippen molar-refractivity contribution < 1.29 is 27.8 Å². The number of benzene rings is 1. The molecule has 2 N–H and O–H groups in total. The third kappa shape index (κ3) is 5.05. The summed E-state index contributed by atoms with van der Waals surface area (Å²) >= 11 is 0. The van der Waals surface area contributed by atoms with Gasteiger partial charge in [-0.1, -0.05) is 6.07 Å². The molecule has 1 rings (SSSR count). The summed E-state index contributed by atoms with van der Waals surface area (Å²) in [6.07, 6.45) is -4.46. The molecule has 0 aliphatic carbocycles. The van der Waals surface area contributed by atoms with Crippen LogP contribution < -0.4 is 5.32 Å². The Morgan fingerprint density at radius 3 is 2.67 bits per heavy atom. The van der Waals surface area contributed by atoms with Gasteiger partial charge >= 0.3 is 6.18 Å². The predicted octanol–water partition coefficient (Wildman–Crippen LogP) is 2.22. The zero-order valence-electron chi connectivity index (χ0n) is 9.54. The van der Waals surface area contributed by atoms with E-state index in [9.17, 15) is 23.1 Å². The van der Waals surface area contributed by atoms with Gasteiger partial charge in [0.2, 0.25) is 5.91 Å².